The van der Waals surface area contributed by atoms with Crippen LogP contribution in [0.2, 0.25) is 0 Å². The second-order valence-electron chi connectivity index (χ2n) is 8.44. The van der Waals surface area contributed by atoms with Gasteiger partial charge in [0.2, 0.25) is 5.75 Å². The Hall–Kier alpha value is -2.64. The summed E-state index contributed by atoms with van der Waals surface area (Å²) in [6.45, 7) is 6.64. The summed E-state index contributed by atoms with van der Waals surface area (Å²) < 4.78 is 15.9. The van der Waals surface area contributed by atoms with Crippen molar-refractivity contribution in [3.8, 4) is 17.2 Å². The number of nitrogens with one attached hydrogen (secondary N) is 2. The Bertz CT molecular complexity index is 698. The van der Waals surface area contributed by atoms with Crippen molar-refractivity contribution in [2.45, 2.75) is 46.1 Å². The highest BCUT2D eigenvalue weighted by Crippen LogP contribution is 2.45. The Morgan fingerprint density at radius 2 is 1.75 bits per heavy atom. The van der Waals surface area contributed by atoms with Gasteiger partial charge in [0, 0.05) is 12.6 Å². The molecule has 2 atom stereocenters. The van der Waals surface area contributed by atoms with Crippen LogP contribution < -0.4 is 24.8 Å². The maximum Gasteiger partial charge on any atom is 0.412 e. The highest BCUT2D eigenvalue weighted by atomic mass is 16.6. The monoisotopic (exact) mass is 394 g/mol. The van der Waals surface area contributed by atoms with E-state index in [0.29, 0.717) is 24.5 Å². The first-order valence-corrected chi connectivity index (χ1v) is 9.24. The van der Waals surface area contributed by atoms with Crippen molar-refractivity contribution in [3.63, 3.8) is 0 Å². The molecule has 1 aromatic rings. The van der Waals surface area contributed by atoms with Gasteiger partial charge in [-0.15, -0.1) is 0 Å². The minimum atomic E-state index is -1.03. The highest BCUT2D eigenvalue weighted by Gasteiger charge is 2.42. The molecule has 8 nitrogen and oxygen atoms in total. The maximum atomic E-state index is 12.4. The van der Waals surface area contributed by atoms with Crippen molar-refractivity contribution in [1.29, 1.82) is 0 Å². The van der Waals surface area contributed by atoms with Gasteiger partial charge in [0.1, 0.15) is 0 Å². The average Bonchev–Trinajstić information content (AvgIpc) is 2.58. The summed E-state index contributed by atoms with van der Waals surface area (Å²) in [4.78, 5) is 23.5. The largest absolute Gasteiger partial charge is 0.493 e. The molecule has 0 heterocycles. The number of carbonyl (C=O) groups is 2. The quantitative estimate of drug-likeness (QED) is 0.680. The van der Waals surface area contributed by atoms with Crippen molar-refractivity contribution in [1.82, 2.24) is 10.6 Å². The zero-order valence-corrected chi connectivity index (χ0v) is 17.1. The Balaban J connectivity index is 2.04. The van der Waals surface area contributed by atoms with E-state index in [0.717, 1.165) is 12.8 Å². The van der Waals surface area contributed by atoms with E-state index >= 15 is 0 Å². The molecule has 8 heteroatoms. The smallest absolute Gasteiger partial charge is 0.412 e. The molecule has 3 N–H and O–H groups in total. The minimum absolute atomic E-state index is 0.0441. The van der Waals surface area contributed by atoms with Crippen LogP contribution >= 0.6 is 0 Å². The lowest BCUT2D eigenvalue weighted by Gasteiger charge is -2.46. The van der Waals surface area contributed by atoms with Crippen LogP contribution in [0.5, 0.6) is 17.2 Å². The third-order valence-corrected chi connectivity index (χ3v) is 5.01. The first-order valence-electron chi connectivity index (χ1n) is 9.24. The van der Waals surface area contributed by atoms with Gasteiger partial charge in [0.05, 0.1) is 14.2 Å². The standard InChI is InChI=1S/C20H30N2O6/c1-19(2)9-13(22-17(23)24)10-20(3,11-19)12-21-18(25)28-16-14(26-4)7-6-8-15(16)27-5/h6-8,13,22H,9-12H2,1-5H3,(H,21,25)(H,23,24). The molecule has 1 aliphatic carbocycles. The summed E-state index contributed by atoms with van der Waals surface area (Å²) in [5.41, 5.74) is -0.309. The second-order valence-corrected chi connectivity index (χ2v) is 8.44. The molecule has 0 aromatic heterocycles. The number of para-hydroxylation sites is 1. The van der Waals surface area contributed by atoms with Crippen LogP contribution in [0.1, 0.15) is 40.0 Å². The number of hydrogen-bond donors (Lipinski definition) is 3. The zero-order chi connectivity index (χ0) is 20.9. The van der Waals surface area contributed by atoms with E-state index < -0.39 is 12.2 Å². The van der Waals surface area contributed by atoms with E-state index in [2.05, 4.69) is 31.4 Å². The Morgan fingerprint density at radius 3 is 2.29 bits per heavy atom. The highest BCUT2D eigenvalue weighted by molar-refractivity contribution is 5.73. The van der Waals surface area contributed by atoms with Gasteiger partial charge >= 0.3 is 12.2 Å². The number of ether oxygens (including phenoxy) is 3. The normalized spacial score (nSPS) is 23.4. The molecular formula is C20H30N2O6. The fourth-order valence-electron chi connectivity index (χ4n) is 4.38. The lowest BCUT2D eigenvalue weighted by Crippen LogP contribution is -2.50. The molecule has 2 rings (SSSR count). The lowest BCUT2D eigenvalue weighted by molar-refractivity contribution is 0.0694. The lowest BCUT2D eigenvalue weighted by atomic mass is 9.62. The summed E-state index contributed by atoms with van der Waals surface area (Å²) in [5.74, 6) is 1.00. The van der Waals surface area contributed by atoms with Crippen LogP contribution in [0.3, 0.4) is 0 Å². The van der Waals surface area contributed by atoms with Crippen molar-refractivity contribution in [2.24, 2.45) is 10.8 Å². The molecule has 1 saturated carbocycles. The molecule has 1 aromatic carbocycles. The molecular weight excluding hydrogens is 364 g/mol. The number of amides is 2. The van der Waals surface area contributed by atoms with E-state index in [1.54, 1.807) is 18.2 Å². The summed E-state index contributed by atoms with van der Waals surface area (Å²) in [6, 6.07) is 4.94. The van der Waals surface area contributed by atoms with Crippen molar-refractivity contribution < 1.29 is 28.9 Å². The number of hydrogen-bond acceptors (Lipinski definition) is 5. The minimum Gasteiger partial charge on any atom is -0.493 e. The number of benzene rings is 1. The molecule has 28 heavy (non-hydrogen) atoms. The van der Waals surface area contributed by atoms with Crippen molar-refractivity contribution in [2.75, 3.05) is 20.8 Å². The van der Waals surface area contributed by atoms with Crippen molar-refractivity contribution >= 4 is 12.2 Å². The van der Waals surface area contributed by atoms with E-state index in [1.165, 1.54) is 14.2 Å². The molecule has 0 radical (unpaired) electrons. The first-order chi connectivity index (χ1) is 13.1. The second kappa shape index (κ2) is 8.58. The maximum absolute atomic E-state index is 12.4. The van der Waals surface area contributed by atoms with Crippen LogP contribution in [-0.4, -0.2) is 44.1 Å². The van der Waals surface area contributed by atoms with Gasteiger partial charge in [-0.3, -0.25) is 0 Å². The van der Waals surface area contributed by atoms with Crippen LogP contribution in [-0.2, 0) is 0 Å². The predicted octanol–water partition coefficient (Wildman–Crippen LogP) is 3.64. The molecule has 0 spiro atoms. The molecule has 2 amide bonds. The first kappa shape index (κ1) is 21.7. The van der Waals surface area contributed by atoms with Gasteiger partial charge in [0.15, 0.2) is 11.5 Å². The van der Waals surface area contributed by atoms with Gasteiger partial charge in [-0.2, -0.15) is 0 Å². The predicted molar refractivity (Wildman–Crippen MR) is 104 cm³/mol. The van der Waals surface area contributed by atoms with Gasteiger partial charge in [0.25, 0.3) is 0 Å². The molecule has 1 aliphatic rings. The number of carbonyl (C=O) groups excluding carboxylic acids is 1. The summed E-state index contributed by atoms with van der Waals surface area (Å²) >= 11 is 0. The molecule has 156 valence electrons. The van der Waals surface area contributed by atoms with Crippen LogP contribution in [0.15, 0.2) is 18.2 Å². The Kier molecular flexibility index (Phi) is 6.64. The molecule has 0 bridgehead atoms. The van der Waals surface area contributed by atoms with E-state index in [4.69, 9.17) is 19.3 Å². The fourth-order valence-corrected chi connectivity index (χ4v) is 4.38. The fraction of sp³-hybridized carbons (Fsp3) is 0.600. The number of carboxylic acid groups (broad SMARTS) is 1. The van der Waals surface area contributed by atoms with Crippen molar-refractivity contribution in [3.05, 3.63) is 18.2 Å². The topological polar surface area (TPSA) is 106 Å². The van der Waals surface area contributed by atoms with Gasteiger partial charge < -0.3 is 30.0 Å². The van der Waals surface area contributed by atoms with Gasteiger partial charge in [-0.25, -0.2) is 9.59 Å². The third-order valence-electron chi connectivity index (χ3n) is 5.01. The van der Waals surface area contributed by atoms with Crippen LogP contribution in [0, 0.1) is 10.8 Å². The Morgan fingerprint density at radius 1 is 1.14 bits per heavy atom. The Labute approximate surface area is 165 Å². The SMILES string of the molecule is COc1cccc(OC)c1OC(=O)NCC1(C)CC(NC(=O)O)CC(C)(C)C1. The van der Waals surface area contributed by atoms with E-state index in [9.17, 15) is 9.59 Å². The van der Waals surface area contributed by atoms with Crippen LogP contribution in [0.25, 0.3) is 0 Å². The summed E-state index contributed by atoms with van der Waals surface area (Å²) in [6.07, 6.45) is 0.616. The molecule has 1 fully saturated rings. The number of rotatable bonds is 6. The summed E-state index contributed by atoms with van der Waals surface area (Å²) in [7, 11) is 2.97. The summed E-state index contributed by atoms with van der Waals surface area (Å²) in [5, 5.41) is 14.5. The average molecular weight is 394 g/mol. The van der Waals surface area contributed by atoms with Gasteiger partial charge in [-0.1, -0.05) is 26.8 Å². The molecule has 0 aliphatic heterocycles. The molecule has 2 unspecified atom stereocenters. The molecule has 0 saturated heterocycles. The third kappa shape index (κ3) is 5.68. The van der Waals surface area contributed by atoms with E-state index in [1.807, 2.05) is 0 Å². The van der Waals surface area contributed by atoms with Gasteiger partial charge in [-0.05, 0) is 42.2 Å². The van der Waals surface area contributed by atoms with E-state index in [-0.39, 0.29) is 22.6 Å². The zero-order valence-electron chi connectivity index (χ0n) is 17.1. The van der Waals surface area contributed by atoms with Crippen LogP contribution in [0.4, 0.5) is 9.59 Å². The number of methoxy groups -OCH3 is 2.